The number of nitrogens with one attached hydrogen (secondary N) is 1. The van der Waals surface area contributed by atoms with Crippen LogP contribution in [0, 0.1) is 0 Å². The van der Waals surface area contributed by atoms with Crippen LogP contribution < -0.4 is 19.7 Å². The summed E-state index contributed by atoms with van der Waals surface area (Å²) in [6.07, 6.45) is 2.63. The fourth-order valence-corrected chi connectivity index (χ4v) is 3.63. The summed E-state index contributed by atoms with van der Waals surface area (Å²) in [5, 5.41) is 3.58. The minimum absolute atomic E-state index is 0.743. The van der Waals surface area contributed by atoms with Crippen LogP contribution in [0.4, 0.5) is 5.69 Å². The maximum absolute atomic E-state index is 5.52. The van der Waals surface area contributed by atoms with Gasteiger partial charge < -0.3 is 24.4 Å². The fourth-order valence-electron chi connectivity index (χ4n) is 3.63. The molecule has 1 heterocycles. The van der Waals surface area contributed by atoms with Crippen LogP contribution in [0.25, 0.3) is 0 Å². The predicted molar refractivity (Wildman–Crippen MR) is 113 cm³/mol. The van der Waals surface area contributed by atoms with E-state index in [0.29, 0.717) is 0 Å². The lowest BCUT2D eigenvalue weighted by molar-refractivity contribution is 0.122. The molecule has 2 aromatic carbocycles. The summed E-state index contributed by atoms with van der Waals surface area (Å²) in [6.45, 7) is 8.87. The molecule has 0 radical (unpaired) electrons. The third kappa shape index (κ3) is 4.86. The van der Waals surface area contributed by atoms with Crippen molar-refractivity contribution in [1.82, 2.24) is 5.32 Å². The molecule has 0 aliphatic carbocycles. The van der Waals surface area contributed by atoms with Crippen LogP contribution in [0.5, 0.6) is 11.5 Å². The minimum Gasteiger partial charge on any atom is -0.493 e. The van der Waals surface area contributed by atoms with E-state index in [2.05, 4.69) is 47.1 Å². The van der Waals surface area contributed by atoms with Crippen molar-refractivity contribution in [3.8, 4) is 11.5 Å². The van der Waals surface area contributed by atoms with E-state index in [-0.39, 0.29) is 0 Å². The molecule has 0 saturated carbocycles. The van der Waals surface area contributed by atoms with E-state index >= 15 is 0 Å². The Balaban J connectivity index is 1.70. The SMILES string of the molecule is C=CCc1cc(CNCc2ccccc2N2CCOCC2)cc(OC)c1OC. The van der Waals surface area contributed by atoms with Crippen LogP contribution in [0.1, 0.15) is 16.7 Å². The molecular weight excluding hydrogens is 352 g/mol. The zero-order chi connectivity index (χ0) is 19.8. The molecule has 0 aromatic heterocycles. The Morgan fingerprint density at radius 3 is 2.57 bits per heavy atom. The van der Waals surface area contributed by atoms with Crippen LogP contribution in [0.15, 0.2) is 49.1 Å². The molecule has 1 saturated heterocycles. The van der Waals surface area contributed by atoms with Gasteiger partial charge in [0.15, 0.2) is 11.5 Å². The highest BCUT2D eigenvalue weighted by Gasteiger charge is 2.15. The summed E-state index contributed by atoms with van der Waals surface area (Å²) in [7, 11) is 3.34. The summed E-state index contributed by atoms with van der Waals surface area (Å²) in [6, 6.07) is 12.8. The largest absolute Gasteiger partial charge is 0.493 e. The van der Waals surface area contributed by atoms with E-state index in [1.807, 2.05) is 12.1 Å². The molecule has 0 atom stereocenters. The second-order valence-electron chi connectivity index (χ2n) is 6.81. The fraction of sp³-hybridized carbons (Fsp3) is 0.391. The maximum Gasteiger partial charge on any atom is 0.164 e. The van der Waals surface area contributed by atoms with Crippen molar-refractivity contribution in [2.24, 2.45) is 0 Å². The minimum atomic E-state index is 0.743. The van der Waals surface area contributed by atoms with Crippen molar-refractivity contribution in [1.29, 1.82) is 0 Å². The summed E-state index contributed by atoms with van der Waals surface area (Å²) in [5.41, 5.74) is 4.84. The van der Waals surface area contributed by atoms with Crippen molar-refractivity contribution < 1.29 is 14.2 Å². The molecule has 150 valence electrons. The number of nitrogens with zero attached hydrogens (tertiary/aromatic N) is 1. The lowest BCUT2D eigenvalue weighted by Gasteiger charge is -2.30. The molecule has 1 aliphatic rings. The molecule has 3 rings (SSSR count). The first kappa shape index (κ1) is 20.2. The smallest absolute Gasteiger partial charge is 0.164 e. The van der Waals surface area contributed by atoms with Gasteiger partial charge in [-0.1, -0.05) is 30.3 Å². The van der Waals surface area contributed by atoms with Gasteiger partial charge in [0, 0.05) is 37.4 Å². The first-order valence-corrected chi connectivity index (χ1v) is 9.72. The molecule has 1 fully saturated rings. The number of morpholine rings is 1. The number of para-hydroxylation sites is 1. The Hall–Kier alpha value is -2.50. The molecule has 28 heavy (non-hydrogen) atoms. The number of methoxy groups -OCH3 is 2. The van der Waals surface area contributed by atoms with Crippen molar-refractivity contribution >= 4 is 5.69 Å². The monoisotopic (exact) mass is 382 g/mol. The van der Waals surface area contributed by atoms with Gasteiger partial charge in [-0.2, -0.15) is 0 Å². The van der Waals surface area contributed by atoms with Crippen LogP contribution in [0.3, 0.4) is 0 Å². The molecule has 1 N–H and O–H groups in total. The van der Waals surface area contributed by atoms with Gasteiger partial charge in [0.05, 0.1) is 27.4 Å². The Morgan fingerprint density at radius 1 is 1.07 bits per heavy atom. The van der Waals surface area contributed by atoms with Crippen molar-refractivity contribution in [2.75, 3.05) is 45.4 Å². The normalized spacial score (nSPS) is 14.0. The number of anilines is 1. The molecule has 5 heteroatoms. The third-order valence-electron chi connectivity index (χ3n) is 4.97. The number of rotatable bonds is 9. The van der Waals surface area contributed by atoms with Gasteiger partial charge in [-0.3, -0.25) is 0 Å². The van der Waals surface area contributed by atoms with Gasteiger partial charge in [-0.05, 0) is 29.7 Å². The standard InChI is InChI=1S/C23H30N2O3/c1-4-7-19-14-18(15-22(26-2)23(19)27-3)16-24-17-20-8-5-6-9-21(20)25-10-12-28-13-11-25/h4-6,8-9,14-15,24H,1,7,10-13,16-17H2,2-3H3. The van der Waals surface area contributed by atoms with E-state index < -0.39 is 0 Å². The number of hydrogen-bond acceptors (Lipinski definition) is 5. The first-order chi connectivity index (χ1) is 13.8. The summed E-state index contributed by atoms with van der Waals surface area (Å²) >= 11 is 0. The van der Waals surface area contributed by atoms with E-state index in [1.165, 1.54) is 16.8 Å². The number of benzene rings is 2. The van der Waals surface area contributed by atoms with E-state index in [0.717, 1.165) is 62.9 Å². The van der Waals surface area contributed by atoms with Crippen LogP contribution >= 0.6 is 0 Å². The first-order valence-electron chi connectivity index (χ1n) is 9.72. The molecule has 0 spiro atoms. The highest BCUT2D eigenvalue weighted by molar-refractivity contribution is 5.54. The summed E-state index contributed by atoms with van der Waals surface area (Å²) in [5.74, 6) is 1.54. The topological polar surface area (TPSA) is 43.0 Å². The van der Waals surface area contributed by atoms with Crippen LogP contribution in [0.2, 0.25) is 0 Å². The molecule has 5 nitrogen and oxygen atoms in total. The zero-order valence-electron chi connectivity index (χ0n) is 16.9. The van der Waals surface area contributed by atoms with E-state index in [1.54, 1.807) is 14.2 Å². The van der Waals surface area contributed by atoms with Gasteiger partial charge in [0.25, 0.3) is 0 Å². The Morgan fingerprint density at radius 2 is 1.86 bits per heavy atom. The predicted octanol–water partition coefficient (Wildman–Crippen LogP) is 3.56. The number of hydrogen-bond donors (Lipinski definition) is 1. The molecule has 0 bridgehead atoms. The lowest BCUT2D eigenvalue weighted by atomic mass is 10.1. The highest BCUT2D eigenvalue weighted by atomic mass is 16.5. The second kappa shape index (κ2) is 10.2. The third-order valence-corrected chi connectivity index (χ3v) is 4.97. The molecule has 1 aliphatic heterocycles. The number of allylic oxidation sites excluding steroid dienone is 1. The average Bonchev–Trinajstić information content (AvgIpc) is 2.74. The summed E-state index contributed by atoms with van der Waals surface area (Å²) < 4.78 is 16.5. The van der Waals surface area contributed by atoms with Gasteiger partial charge in [-0.25, -0.2) is 0 Å². The maximum atomic E-state index is 5.52. The Labute approximate surface area is 167 Å². The Kier molecular flexibility index (Phi) is 7.34. The van der Waals surface area contributed by atoms with Crippen LogP contribution in [-0.4, -0.2) is 40.5 Å². The molecular formula is C23H30N2O3. The second-order valence-corrected chi connectivity index (χ2v) is 6.81. The molecule has 2 aromatic rings. The van der Waals surface area contributed by atoms with Crippen molar-refractivity contribution in [3.63, 3.8) is 0 Å². The highest BCUT2D eigenvalue weighted by Crippen LogP contribution is 2.33. The Bertz CT molecular complexity index is 785. The lowest BCUT2D eigenvalue weighted by Crippen LogP contribution is -2.37. The summed E-state index contributed by atoms with van der Waals surface area (Å²) in [4.78, 5) is 2.40. The van der Waals surface area contributed by atoms with E-state index in [9.17, 15) is 0 Å². The molecule has 0 unspecified atom stereocenters. The van der Waals surface area contributed by atoms with Gasteiger partial charge in [-0.15, -0.1) is 6.58 Å². The van der Waals surface area contributed by atoms with Crippen molar-refractivity contribution in [3.05, 3.63) is 65.7 Å². The van der Waals surface area contributed by atoms with Gasteiger partial charge >= 0.3 is 0 Å². The number of ether oxygens (including phenoxy) is 3. The van der Waals surface area contributed by atoms with E-state index in [4.69, 9.17) is 14.2 Å². The average molecular weight is 383 g/mol. The van der Waals surface area contributed by atoms with Crippen LogP contribution in [-0.2, 0) is 24.2 Å². The van der Waals surface area contributed by atoms with Gasteiger partial charge in [0.1, 0.15) is 0 Å². The van der Waals surface area contributed by atoms with Crippen molar-refractivity contribution in [2.45, 2.75) is 19.5 Å². The quantitative estimate of drug-likeness (QED) is 0.672. The zero-order valence-corrected chi connectivity index (χ0v) is 16.9. The molecule has 0 amide bonds. The van der Waals surface area contributed by atoms with Gasteiger partial charge in [0.2, 0.25) is 0 Å².